The number of carbonyl (C=O) groups excluding carboxylic acids is 1. The zero-order valence-corrected chi connectivity index (χ0v) is 14.1. The van der Waals surface area contributed by atoms with E-state index in [1.165, 1.54) is 5.69 Å². The van der Waals surface area contributed by atoms with Crippen molar-refractivity contribution in [2.75, 3.05) is 31.6 Å². The summed E-state index contributed by atoms with van der Waals surface area (Å²) < 4.78 is 10.1. The van der Waals surface area contributed by atoms with Crippen LogP contribution in [-0.4, -0.2) is 48.7 Å². The minimum atomic E-state index is -0.0688. The smallest absolute Gasteiger partial charge is 0.276 e. The lowest BCUT2D eigenvalue weighted by atomic mass is 10.1. The predicted molar refractivity (Wildman–Crippen MR) is 91.0 cm³/mol. The van der Waals surface area contributed by atoms with Crippen molar-refractivity contribution in [3.05, 3.63) is 47.9 Å². The van der Waals surface area contributed by atoms with Crippen LogP contribution in [0, 0.1) is 0 Å². The Morgan fingerprint density at radius 1 is 1.33 bits per heavy atom. The van der Waals surface area contributed by atoms with Crippen LogP contribution >= 0.6 is 0 Å². The molecule has 1 unspecified atom stereocenters. The molecule has 6 nitrogen and oxygen atoms in total. The number of rotatable bonds is 5. The second-order valence-corrected chi connectivity index (χ2v) is 5.95. The molecule has 2 heterocycles. The van der Waals surface area contributed by atoms with Crippen LogP contribution in [0.2, 0.25) is 0 Å². The van der Waals surface area contributed by atoms with Crippen molar-refractivity contribution in [3.8, 4) is 0 Å². The molecule has 1 atom stereocenters. The van der Waals surface area contributed by atoms with E-state index in [2.05, 4.69) is 29.1 Å². The Labute approximate surface area is 142 Å². The van der Waals surface area contributed by atoms with Gasteiger partial charge in [0.15, 0.2) is 11.5 Å². The molecule has 2 aromatic rings. The van der Waals surface area contributed by atoms with Crippen LogP contribution in [0.1, 0.15) is 29.6 Å². The van der Waals surface area contributed by atoms with Crippen LogP contribution in [0.4, 0.5) is 5.69 Å². The number of benzene rings is 1. The highest BCUT2D eigenvalue weighted by Gasteiger charge is 2.31. The van der Waals surface area contributed by atoms with Gasteiger partial charge in [-0.2, -0.15) is 0 Å². The number of ether oxygens (including phenoxy) is 1. The maximum atomic E-state index is 12.8. The summed E-state index contributed by atoms with van der Waals surface area (Å²) in [6.07, 6.45) is 0.901. The van der Waals surface area contributed by atoms with E-state index in [9.17, 15) is 4.79 Å². The first-order valence-corrected chi connectivity index (χ1v) is 8.28. The average molecular weight is 329 g/mol. The van der Waals surface area contributed by atoms with Crippen LogP contribution in [0.25, 0.3) is 0 Å². The molecule has 1 amide bonds. The third kappa shape index (κ3) is 3.43. The minimum absolute atomic E-state index is 0.0688. The molecule has 1 aromatic carbocycles. The van der Waals surface area contributed by atoms with Crippen molar-refractivity contribution >= 4 is 11.6 Å². The van der Waals surface area contributed by atoms with Crippen LogP contribution in [0.5, 0.6) is 0 Å². The van der Waals surface area contributed by atoms with Crippen molar-refractivity contribution in [1.82, 2.24) is 10.1 Å². The number of amides is 1. The Morgan fingerprint density at radius 2 is 2.12 bits per heavy atom. The largest absolute Gasteiger partial charge is 0.377 e. The van der Waals surface area contributed by atoms with Crippen LogP contribution < -0.4 is 4.90 Å². The lowest BCUT2D eigenvalue weighted by Gasteiger charge is -2.42. The number of hydrogen-bond donors (Lipinski definition) is 0. The number of piperazine rings is 1. The highest BCUT2D eigenvalue weighted by molar-refractivity contribution is 5.92. The fourth-order valence-electron chi connectivity index (χ4n) is 3.12. The number of para-hydroxylation sites is 1. The van der Waals surface area contributed by atoms with E-state index in [0.29, 0.717) is 24.6 Å². The van der Waals surface area contributed by atoms with Gasteiger partial charge in [0.25, 0.3) is 5.91 Å². The van der Waals surface area contributed by atoms with Gasteiger partial charge in [-0.15, -0.1) is 0 Å². The van der Waals surface area contributed by atoms with E-state index in [0.717, 1.165) is 19.5 Å². The first-order chi connectivity index (χ1) is 11.7. The molecule has 1 saturated heterocycles. The second-order valence-electron chi connectivity index (χ2n) is 5.95. The molecule has 128 valence electrons. The Bertz CT molecular complexity index is 671. The van der Waals surface area contributed by atoms with Crippen molar-refractivity contribution in [3.63, 3.8) is 0 Å². The minimum Gasteiger partial charge on any atom is -0.377 e. The van der Waals surface area contributed by atoms with Gasteiger partial charge in [0.2, 0.25) is 0 Å². The highest BCUT2D eigenvalue weighted by Crippen LogP contribution is 2.22. The van der Waals surface area contributed by atoms with Gasteiger partial charge in [0.05, 0.1) is 0 Å². The Hall–Kier alpha value is -2.34. The van der Waals surface area contributed by atoms with Gasteiger partial charge in [-0.3, -0.25) is 4.79 Å². The fourth-order valence-corrected chi connectivity index (χ4v) is 3.12. The molecular formula is C18H23N3O3. The molecule has 0 aliphatic carbocycles. The summed E-state index contributed by atoms with van der Waals surface area (Å²) in [7, 11) is 1.58. The summed E-state index contributed by atoms with van der Waals surface area (Å²) >= 11 is 0. The molecule has 0 saturated carbocycles. The molecule has 6 heteroatoms. The normalized spacial score (nSPS) is 18.0. The number of anilines is 1. The summed E-state index contributed by atoms with van der Waals surface area (Å²) in [6, 6.07) is 12.2. The summed E-state index contributed by atoms with van der Waals surface area (Å²) in [5.41, 5.74) is 1.56. The third-order valence-electron chi connectivity index (χ3n) is 4.40. The zero-order valence-electron chi connectivity index (χ0n) is 14.1. The molecule has 3 rings (SSSR count). The SMILES string of the molecule is CCC1CN(c2ccccc2)CCN1C(=O)c1cc(COC)on1. The summed E-state index contributed by atoms with van der Waals surface area (Å²) in [6.45, 7) is 4.75. The fraction of sp³-hybridized carbons (Fsp3) is 0.444. The second kappa shape index (κ2) is 7.49. The Kier molecular flexibility index (Phi) is 5.15. The van der Waals surface area contributed by atoms with E-state index in [1.54, 1.807) is 13.2 Å². The van der Waals surface area contributed by atoms with Gasteiger partial charge in [-0.05, 0) is 18.6 Å². The lowest BCUT2D eigenvalue weighted by molar-refractivity contribution is 0.0641. The van der Waals surface area contributed by atoms with E-state index in [-0.39, 0.29) is 11.9 Å². The Balaban J connectivity index is 1.71. The summed E-state index contributed by atoms with van der Waals surface area (Å²) in [5.74, 6) is 0.498. The zero-order chi connectivity index (χ0) is 16.9. The maximum absolute atomic E-state index is 12.8. The topological polar surface area (TPSA) is 58.8 Å². The first-order valence-electron chi connectivity index (χ1n) is 8.28. The number of carbonyl (C=O) groups is 1. The van der Waals surface area contributed by atoms with Gasteiger partial charge in [0.1, 0.15) is 6.61 Å². The molecule has 0 bridgehead atoms. The van der Waals surface area contributed by atoms with Gasteiger partial charge in [-0.1, -0.05) is 30.3 Å². The van der Waals surface area contributed by atoms with Crippen molar-refractivity contribution in [2.24, 2.45) is 0 Å². The van der Waals surface area contributed by atoms with E-state index in [4.69, 9.17) is 9.26 Å². The predicted octanol–water partition coefficient (Wildman–Crippen LogP) is 2.56. The lowest BCUT2D eigenvalue weighted by Crippen LogP contribution is -2.55. The quantitative estimate of drug-likeness (QED) is 0.844. The van der Waals surface area contributed by atoms with E-state index >= 15 is 0 Å². The standard InChI is InChI=1S/C18H23N3O3/c1-3-14-12-20(15-7-5-4-6-8-15)9-10-21(14)18(22)17-11-16(13-23-2)24-19-17/h4-8,11,14H,3,9-10,12-13H2,1-2H3. The molecule has 0 N–H and O–H groups in total. The van der Waals surface area contributed by atoms with Gasteiger partial charge < -0.3 is 19.1 Å². The highest BCUT2D eigenvalue weighted by atomic mass is 16.5. The molecular weight excluding hydrogens is 306 g/mol. The van der Waals surface area contributed by atoms with Gasteiger partial charge >= 0.3 is 0 Å². The van der Waals surface area contributed by atoms with Gasteiger partial charge in [-0.25, -0.2) is 0 Å². The number of aromatic nitrogens is 1. The maximum Gasteiger partial charge on any atom is 0.276 e. The molecule has 1 aromatic heterocycles. The number of nitrogens with zero attached hydrogens (tertiary/aromatic N) is 3. The average Bonchev–Trinajstić information content (AvgIpc) is 3.10. The first kappa shape index (κ1) is 16.5. The molecule has 0 radical (unpaired) electrons. The van der Waals surface area contributed by atoms with E-state index < -0.39 is 0 Å². The van der Waals surface area contributed by atoms with Crippen LogP contribution in [-0.2, 0) is 11.3 Å². The van der Waals surface area contributed by atoms with Crippen molar-refractivity contribution < 1.29 is 14.1 Å². The molecule has 1 fully saturated rings. The number of hydrogen-bond acceptors (Lipinski definition) is 5. The molecule has 1 aliphatic heterocycles. The monoisotopic (exact) mass is 329 g/mol. The molecule has 1 aliphatic rings. The number of methoxy groups -OCH3 is 1. The molecule has 24 heavy (non-hydrogen) atoms. The third-order valence-corrected chi connectivity index (χ3v) is 4.40. The van der Waals surface area contributed by atoms with Crippen molar-refractivity contribution in [1.29, 1.82) is 0 Å². The van der Waals surface area contributed by atoms with E-state index in [1.807, 2.05) is 23.1 Å². The molecule has 0 spiro atoms. The van der Waals surface area contributed by atoms with Crippen molar-refractivity contribution in [2.45, 2.75) is 26.0 Å². The van der Waals surface area contributed by atoms with Crippen LogP contribution in [0.3, 0.4) is 0 Å². The Morgan fingerprint density at radius 3 is 2.83 bits per heavy atom. The van der Waals surface area contributed by atoms with Gasteiger partial charge in [0, 0.05) is 44.5 Å². The summed E-state index contributed by atoms with van der Waals surface area (Å²) in [4.78, 5) is 17.0. The summed E-state index contributed by atoms with van der Waals surface area (Å²) in [5, 5.41) is 3.90. The van der Waals surface area contributed by atoms with Crippen LogP contribution in [0.15, 0.2) is 40.9 Å².